The summed E-state index contributed by atoms with van der Waals surface area (Å²) in [5, 5.41) is 45.9. The summed E-state index contributed by atoms with van der Waals surface area (Å²) >= 11 is 10.4. The average Bonchev–Trinajstić information content (AvgIpc) is 1.69. The minimum Gasteiger partial charge on any atom is -0.481 e. The van der Waals surface area contributed by atoms with Gasteiger partial charge in [-0.25, -0.2) is 55.3 Å². The number of aryl methyl sites for hydroxylation is 3. The monoisotopic (exact) mass is 1830 g/mol. The third-order valence-electron chi connectivity index (χ3n) is 22.1. The number of ketones is 3. The fourth-order valence-electron chi connectivity index (χ4n) is 15.7. The summed E-state index contributed by atoms with van der Waals surface area (Å²) in [6, 6.07) is 17.3. The minimum absolute atomic E-state index is 0.153. The second-order valence-corrected chi connectivity index (χ2v) is 38.6. The van der Waals surface area contributed by atoms with E-state index in [2.05, 4.69) is 64.2 Å². The number of aliphatic hydroxyl groups excluding tert-OH is 2. The van der Waals surface area contributed by atoms with Crippen LogP contribution in [-0.4, -0.2) is 195 Å². The van der Waals surface area contributed by atoms with E-state index in [4.69, 9.17) is 65.4 Å². The number of rotatable bonds is 29. The number of hydrogen-bond acceptors (Lipinski definition) is 36. The van der Waals surface area contributed by atoms with Crippen LogP contribution in [0, 0.1) is 44.4 Å². The van der Waals surface area contributed by atoms with Crippen molar-refractivity contribution in [2.45, 2.75) is 153 Å². The zero-order valence-corrected chi connectivity index (χ0v) is 73.4. The molecule has 2 unspecified atom stereocenters. The third kappa shape index (κ3) is 22.8. The zero-order chi connectivity index (χ0) is 87.9. The van der Waals surface area contributed by atoms with Gasteiger partial charge in [-0.15, -0.1) is 34.0 Å². The fourth-order valence-corrected chi connectivity index (χ4v) is 20.0. The highest BCUT2D eigenvalue weighted by Gasteiger charge is 2.42. The molecule has 0 bridgehead atoms. The highest BCUT2D eigenvalue weighted by Crippen LogP contribution is 2.44. The van der Waals surface area contributed by atoms with Crippen molar-refractivity contribution >= 4 is 117 Å². The van der Waals surface area contributed by atoms with Crippen LogP contribution < -0.4 is 46.6 Å². The van der Waals surface area contributed by atoms with E-state index in [1.165, 1.54) is 71.6 Å². The van der Waals surface area contributed by atoms with Crippen molar-refractivity contribution in [3.8, 4) is 11.8 Å². The van der Waals surface area contributed by atoms with Gasteiger partial charge in [-0.05, 0) is 136 Å². The van der Waals surface area contributed by atoms with Gasteiger partial charge in [0.05, 0.1) is 109 Å². The van der Waals surface area contributed by atoms with Crippen LogP contribution in [0.2, 0.25) is 5.02 Å². The lowest BCUT2D eigenvalue weighted by Crippen LogP contribution is -2.40. The molecule has 3 aliphatic carbocycles. The Hall–Kier alpha value is -9.00. The Morgan fingerprint density at radius 1 is 0.512 bits per heavy atom. The zero-order valence-electron chi connectivity index (χ0n) is 67.8. The molecule has 123 heavy (non-hydrogen) atoms. The van der Waals surface area contributed by atoms with Gasteiger partial charge in [0.25, 0.3) is 0 Å². The van der Waals surface area contributed by atoms with Crippen LogP contribution in [0.4, 0.5) is 17.5 Å². The van der Waals surface area contributed by atoms with Crippen LogP contribution in [0.5, 0.6) is 11.8 Å². The number of nitrogens with one attached hydrogen (secondary N) is 3. The van der Waals surface area contributed by atoms with Crippen LogP contribution in [0.25, 0.3) is 0 Å². The second kappa shape index (κ2) is 39.7. The average molecular weight is 1830 g/mol. The molecule has 3 aliphatic heterocycles. The van der Waals surface area contributed by atoms with Gasteiger partial charge in [-0.3, -0.25) is 31.7 Å². The molecule has 3 saturated carbocycles. The van der Waals surface area contributed by atoms with Crippen LogP contribution in [0.15, 0.2) is 98.2 Å². The normalized spacial score (nSPS) is 22.6. The minimum atomic E-state index is -4.21. The molecule has 43 heteroatoms. The third-order valence-corrected chi connectivity index (χ3v) is 26.9. The number of esters is 1. The van der Waals surface area contributed by atoms with Crippen molar-refractivity contribution in [1.82, 2.24) is 39.9 Å². The summed E-state index contributed by atoms with van der Waals surface area (Å²) in [4.78, 5) is 92.5. The molecule has 13 N–H and O–H groups in total. The van der Waals surface area contributed by atoms with E-state index in [1.54, 1.807) is 28.1 Å². The fraction of sp³-hybridized carbons (Fsp3) is 0.450. The maximum Gasteiger partial charge on any atom is 0.333 e. The number of methoxy groups -OCH3 is 2. The Labute approximate surface area is 727 Å². The lowest BCUT2D eigenvalue weighted by Gasteiger charge is -2.26. The molecule has 3 fully saturated rings. The van der Waals surface area contributed by atoms with Crippen LogP contribution in [0.3, 0.4) is 0 Å². The number of fused-ring (bicyclic) bond motifs is 3. The lowest BCUT2D eigenvalue weighted by molar-refractivity contribution is -0.154. The Morgan fingerprint density at radius 3 is 1.28 bits per heavy atom. The summed E-state index contributed by atoms with van der Waals surface area (Å²) < 4.78 is 116. The quantitative estimate of drug-likeness (QED) is 0.0161. The molecule has 0 amide bonds. The van der Waals surface area contributed by atoms with Crippen molar-refractivity contribution < 1.29 is 95.6 Å². The van der Waals surface area contributed by atoms with Crippen molar-refractivity contribution in [2.75, 3.05) is 69.8 Å². The smallest absolute Gasteiger partial charge is 0.333 e. The second-order valence-electron chi connectivity index (χ2n) is 30.8. The van der Waals surface area contributed by atoms with Gasteiger partial charge >= 0.3 is 36.9 Å². The first-order chi connectivity index (χ1) is 58.6. The van der Waals surface area contributed by atoms with E-state index in [0.717, 1.165) is 84.2 Å². The molecule has 6 aliphatic rings. The molecule has 36 nitrogen and oxygen atoms in total. The molecule has 1 aromatic carbocycles. The number of aliphatic hydroxyl groups is 2. The first-order valence-corrected chi connectivity index (χ1v) is 46.5. The molecule has 15 rings (SSSR count). The van der Waals surface area contributed by atoms with Gasteiger partial charge in [-0.2, -0.15) is 25.3 Å². The largest absolute Gasteiger partial charge is 0.481 e. The number of carbonyl (C=O) groups is 4. The highest BCUT2D eigenvalue weighted by atomic mass is 35.5. The van der Waals surface area contributed by atoms with Gasteiger partial charge in [0, 0.05) is 104 Å². The Kier molecular flexibility index (Phi) is 29.6. The summed E-state index contributed by atoms with van der Waals surface area (Å²) in [5.41, 5.74) is 15.3. The molecule has 0 radical (unpaired) electrons. The first-order valence-electron chi connectivity index (χ1n) is 39.2. The van der Waals surface area contributed by atoms with Crippen molar-refractivity contribution in [2.24, 2.45) is 44.8 Å². The molecule has 8 aromatic heterocycles. The van der Waals surface area contributed by atoms with Crippen molar-refractivity contribution in [1.29, 1.82) is 0 Å². The number of pyridine rings is 2. The van der Waals surface area contributed by atoms with Gasteiger partial charge in [0.2, 0.25) is 29.1 Å². The number of ether oxygens (including phenoxy) is 6. The van der Waals surface area contributed by atoms with E-state index < -0.39 is 91.2 Å². The van der Waals surface area contributed by atoms with Gasteiger partial charge < -0.3 is 60.3 Å². The number of thiophene rings is 3. The molecule has 13 atom stereocenters. The van der Waals surface area contributed by atoms with Crippen molar-refractivity contribution in [3.05, 3.63) is 200 Å². The molecule has 0 saturated heterocycles. The molecular formula is C80H94ClN15O21S6. The van der Waals surface area contributed by atoms with Gasteiger partial charge in [-0.1, -0.05) is 43.6 Å². The number of anilines is 3. The van der Waals surface area contributed by atoms with Crippen LogP contribution in [-0.2, 0) is 86.5 Å². The van der Waals surface area contributed by atoms with E-state index in [9.17, 15) is 54.6 Å². The highest BCUT2D eigenvalue weighted by molar-refractivity contribution is 7.84. The standard InChI is InChI=1S/C30H36ClN5O7S2.2C25H29N5O7S2/c1-15(2)26(32)30(38)43-24-10-20(8-18(24)13-42-45(33,39)40)36-29-23(12-34-14-35-29)27(37)25-11-21(16(3)44-25)28-22-9-19(31)5-4-17(22)6-7-41-28;2*1-13-17(24-22-14(5-6-36-24)3-4-21(30-22)35-2)9-20(38-13)23(32)18-10-27-12-28-25(18)29-16-7-15(19(31)8-16)11-37-39(26,33)34/h4-5,9,11-12,14-15,18,20,24,26,28H,6-8,10,13,32H2,1-3H3,(H2,33,39,40)(H,34,35,36);2*3-4,9-10,12,15-16,19,24,31H,5-8,11H2,1-2H3,(H2,26,33,34)(H,27,28,29)/t18-,20-,24+,26+,28+;2*15-,16-,19+,24?/m111/s1. The lowest BCUT2D eigenvalue weighted by atomic mass is 9.93. The van der Waals surface area contributed by atoms with Crippen LogP contribution >= 0.6 is 45.6 Å². The summed E-state index contributed by atoms with van der Waals surface area (Å²) in [7, 11) is -9.29. The van der Waals surface area contributed by atoms with Gasteiger partial charge in [0.15, 0.2) is 0 Å². The SMILES string of the molecule is COc1ccc2c(n1)C(c1cc(C(=O)c3cncnc3N[C@@H]3C[C@H](COS(N)(=O)=O)[C@@H](O)C3)sc1C)OCC2.COc1ccc2c(n1)C(c1cc(C(=O)c3cncnc3N[C@@H]3C[C@H](COS(N)(=O)=O)[C@@H](O)C3)sc1C)OCC2.Cc1sc(C(=O)c2cncnc2N[C@@H]2C[C@H](COS(N)(=O)=O)[C@@H](OC(=O)[C@@H](N)C(C)C)C2)cc1[C@@H]1OCCc2ccc(Cl)cc21. The summed E-state index contributed by atoms with van der Waals surface area (Å²) in [5.74, 6) is -0.916. The molecular weight excluding hydrogens is 1730 g/mol. The predicted octanol–water partition coefficient (Wildman–Crippen LogP) is 7.53. The summed E-state index contributed by atoms with van der Waals surface area (Å²) in [6.45, 7) is 10.4. The molecule has 9 aromatic rings. The Morgan fingerprint density at radius 2 is 0.878 bits per heavy atom. The maximum atomic E-state index is 13.9. The van der Waals surface area contributed by atoms with E-state index in [0.29, 0.717) is 107 Å². The number of nitrogens with two attached hydrogens (primary N) is 4. The number of halogens is 1. The van der Waals surface area contributed by atoms with E-state index >= 15 is 0 Å². The Balaban J connectivity index is 0.000000159. The molecule has 11 heterocycles. The number of carbonyl (C=O) groups excluding carboxylic acids is 4. The number of aromatic nitrogens is 8. The van der Waals surface area contributed by atoms with E-state index in [-0.39, 0.29) is 84.0 Å². The summed E-state index contributed by atoms with van der Waals surface area (Å²) in [6.07, 6.45) is 9.33. The van der Waals surface area contributed by atoms with Crippen LogP contribution in [0.1, 0.15) is 181 Å². The van der Waals surface area contributed by atoms with Gasteiger partial charge in [0.1, 0.15) is 66.9 Å². The maximum absolute atomic E-state index is 13.9. The van der Waals surface area contributed by atoms with Crippen molar-refractivity contribution in [3.63, 3.8) is 0 Å². The van der Waals surface area contributed by atoms with E-state index in [1.807, 2.05) is 81.4 Å². The number of benzene rings is 1. The molecule has 0 spiro atoms. The molecule has 658 valence electrons. The number of nitrogens with zero attached hydrogens (tertiary/aromatic N) is 8. The number of hydrogen-bond donors (Lipinski definition) is 9. The first kappa shape index (κ1) is 91.7. The topological polar surface area (TPSA) is 538 Å². The Bertz CT molecular complexity index is 5510. The predicted molar refractivity (Wildman–Crippen MR) is 453 cm³/mol.